The van der Waals surface area contributed by atoms with Crippen LogP contribution in [0.25, 0.3) is 0 Å². The van der Waals surface area contributed by atoms with Gasteiger partial charge in [-0.3, -0.25) is 4.98 Å². The summed E-state index contributed by atoms with van der Waals surface area (Å²) in [4.78, 5) is 4.94. The molecule has 5 nitrogen and oxygen atoms in total. The van der Waals surface area contributed by atoms with Gasteiger partial charge in [0.2, 0.25) is 6.33 Å². The summed E-state index contributed by atoms with van der Waals surface area (Å²) in [5.41, 5.74) is 1.98. The molecule has 2 aromatic rings. The molecule has 0 saturated heterocycles. The van der Waals surface area contributed by atoms with Crippen LogP contribution in [0.15, 0.2) is 53.3 Å². The SMILES string of the molecule is CN(C)c1ccc(N=N[n+]2cc[nH]c2)cc1.[Cl-]. The molecule has 17 heavy (non-hydrogen) atoms. The van der Waals surface area contributed by atoms with Crippen LogP contribution in [0.5, 0.6) is 0 Å². The van der Waals surface area contributed by atoms with Crippen LogP contribution in [0.4, 0.5) is 11.4 Å². The monoisotopic (exact) mass is 251 g/mol. The zero-order chi connectivity index (χ0) is 11.4. The van der Waals surface area contributed by atoms with Gasteiger partial charge in [-0.1, -0.05) is 0 Å². The van der Waals surface area contributed by atoms with Crippen molar-refractivity contribution < 1.29 is 17.1 Å². The average molecular weight is 252 g/mol. The Morgan fingerprint density at radius 1 is 1.18 bits per heavy atom. The van der Waals surface area contributed by atoms with Crippen LogP contribution in [-0.2, 0) is 0 Å². The third kappa shape index (κ3) is 3.57. The van der Waals surface area contributed by atoms with Crippen LogP contribution in [0, 0.1) is 0 Å². The largest absolute Gasteiger partial charge is 1.00 e. The molecular formula is C11H14ClN5. The smallest absolute Gasteiger partial charge is 0.213 e. The van der Waals surface area contributed by atoms with Gasteiger partial charge in [-0.15, -0.1) is 4.68 Å². The van der Waals surface area contributed by atoms with E-state index >= 15 is 0 Å². The Morgan fingerprint density at radius 3 is 2.41 bits per heavy atom. The summed E-state index contributed by atoms with van der Waals surface area (Å²) >= 11 is 0. The molecule has 0 bridgehead atoms. The van der Waals surface area contributed by atoms with Crippen molar-refractivity contribution in [3.05, 3.63) is 43.0 Å². The molecule has 0 aliphatic rings. The Bertz CT molecular complexity index is 461. The number of nitrogens with one attached hydrogen (secondary N) is 1. The number of anilines is 1. The van der Waals surface area contributed by atoms with Crippen molar-refractivity contribution in [2.75, 3.05) is 19.0 Å². The number of aromatic amines is 1. The zero-order valence-corrected chi connectivity index (χ0v) is 10.5. The summed E-state index contributed by atoms with van der Waals surface area (Å²) in [6.07, 6.45) is 5.30. The lowest BCUT2D eigenvalue weighted by molar-refractivity contribution is -0.684. The number of H-pyrrole nitrogens is 1. The van der Waals surface area contributed by atoms with E-state index < -0.39 is 0 Å². The Kier molecular flexibility index (Phi) is 4.66. The molecular weight excluding hydrogens is 238 g/mol. The average Bonchev–Trinajstić information content (AvgIpc) is 2.80. The number of nitrogens with zero attached hydrogens (tertiary/aromatic N) is 4. The van der Waals surface area contributed by atoms with Crippen molar-refractivity contribution >= 4 is 11.4 Å². The maximum Gasteiger partial charge on any atom is 0.213 e. The predicted octanol–water partition coefficient (Wildman–Crippen LogP) is -1.08. The quantitative estimate of drug-likeness (QED) is 0.548. The highest BCUT2D eigenvalue weighted by molar-refractivity contribution is 5.51. The van der Waals surface area contributed by atoms with Crippen LogP contribution >= 0.6 is 0 Å². The van der Waals surface area contributed by atoms with Gasteiger partial charge in [0.25, 0.3) is 0 Å². The van der Waals surface area contributed by atoms with Gasteiger partial charge in [0.1, 0.15) is 6.20 Å². The molecule has 0 aliphatic carbocycles. The first-order valence-electron chi connectivity index (χ1n) is 4.99. The lowest BCUT2D eigenvalue weighted by Crippen LogP contribution is -3.00. The van der Waals surface area contributed by atoms with Gasteiger partial charge in [0, 0.05) is 24.9 Å². The number of hydrogen-bond donors (Lipinski definition) is 1. The molecule has 2 rings (SSSR count). The molecule has 0 saturated carbocycles. The number of hydrogen-bond acceptors (Lipinski definition) is 3. The van der Waals surface area contributed by atoms with Gasteiger partial charge in [-0.2, -0.15) is 0 Å². The summed E-state index contributed by atoms with van der Waals surface area (Å²) in [5, 5.41) is 8.11. The van der Waals surface area contributed by atoms with E-state index in [0.29, 0.717) is 0 Å². The van der Waals surface area contributed by atoms with Gasteiger partial charge < -0.3 is 17.3 Å². The first kappa shape index (κ1) is 13.2. The van der Waals surface area contributed by atoms with E-state index in [4.69, 9.17) is 0 Å². The first-order chi connectivity index (χ1) is 7.75. The highest BCUT2D eigenvalue weighted by Crippen LogP contribution is 2.17. The van der Waals surface area contributed by atoms with E-state index in [1.54, 1.807) is 23.4 Å². The molecule has 1 N–H and O–H groups in total. The minimum absolute atomic E-state index is 0. The van der Waals surface area contributed by atoms with Gasteiger partial charge in [-0.25, -0.2) is 0 Å². The van der Waals surface area contributed by atoms with Gasteiger partial charge in [0.05, 0.1) is 11.4 Å². The van der Waals surface area contributed by atoms with Crippen LogP contribution in [-0.4, -0.2) is 19.1 Å². The van der Waals surface area contributed by atoms with Crippen LogP contribution in [0.1, 0.15) is 0 Å². The third-order valence-electron chi connectivity index (χ3n) is 2.16. The molecule has 0 unspecified atom stereocenters. The molecule has 0 amide bonds. The van der Waals surface area contributed by atoms with Crippen LogP contribution < -0.4 is 22.0 Å². The number of imidazole rings is 1. The molecule has 90 valence electrons. The van der Waals surface area contributed by atoms with Crippen molar-refractivity contribution in [1.82, 2.24) is 4.98 Å². The topological polar surface area (TPSA) is 47.6 Å². The molecule has 0 fully saturated rings. The van der Waals surface area contributed by atoms with Crippen molar-refractivity contribution in [2.45, 2.75) is 0 Å². The third-order valence-corrected chi connectivity index (χ3v) is 2.16. The fraction of sp³-hybridized carbons (Fsp3) is 0.182. The fourth-order valence-electron chi connectivity index (χ4n) is 1.26. The second kappa shape index (κ2) is 6.00. The number of halogens is 1. The first-order valence-corrected chi connectivity index (χ1v) is 4.99. The maximum atomic E-state index is 4.10. The highest BCUT2D eigenvalue weighted by Gasteiger charge is 1.98. The summed E-state index contributed by atoms with van der Waals surface area (Å²) < 4.78 is 1.61. The molecule has 0 spiro atoms. The highest BCUT2D eigenvalue weighted by atomic mass is 35.5. The molecule has 1 heterocycles. The molecule has 0 aliphatic heterocycles. The summed E-state index contributed by atoms with van der Waals surface area (Å²) in [7, 11) is 4.01. The van der Waals surface area contributed by atoms with Crippen molar-refractivity contribution in [2.24, 2.45) is 10.3 Å². The molecule has 6 heteroatoms. The van der Waals surface area contributed by atoms with E-state index in [-0.39, 0.29) is 12.4 Å². The predicted molar refractivity (Wildman–Crippen MR) is 61.7 cm³/mol. The van der Waals surface area contributed by atoms with Crippen molar-refractivity contribution in [1.29, 1.82) is 0 Å². The summed E-state index contributed by atoms with van der Waals surface area (Å²) in [6.45, 7) is 0. The normalized spacial score (nSPS) is 10.2. The number of aromatic nitrogens is 2. The number of rotatable bonds is 3. The summed E-state index contributed by atoms with van der Waals surface area (Å²) in [5.74, 6) is 0. The Morgan fingerprint density at radius 2 is 1.88 bits per heavy atom. The van der Waals surface area contributed by atoms with E-state index in [9.17, 15) is 0 Å². The van der Waals surface area contributed by atoms with Gasteiger partial charge in [0.15, 0.2) is 5.69 Å². The minimum Gasteiger partial charge on any atom is -1.00 e. The zero-order valence-electron chi connectivity index (χ0n) is 9.71. The van der Waals surface area contributed by atoms with E-state index in [0.717, 1.165) is 11.4 Å². The second-order valence-electron chi connectivity index (χ2n) is 3.59. The van der Waals surface area contributed by atoms with Crippen LogP contribution in [0.3, 0.4) is 0 Å². The van der Waals surface area contributed by atoms with Crippen molar-refractivity contribution in [3.63, 3.8) is 0 Å². The summed E-state index contributed by atoms with van der Waals surface area (Å²) in [6, 6.07) is 7.89. The Hall–Kier alpha value is -1.88. The lowest BCUT2D eigenvalue weighted by Gasteiger charge is -2.10. The van der Waals surface area contributed by atoms with Crippen molar-refractivity contribution in [3.8, 4) is 0 Å². The molecule has 1 aromatic carbocycles. The maximum absolute atomic E-state index is 4.10. The lowest BCUT2D eigenvalue weighted by atomic mass is 10.3. The molecule has 0 radical (unpaired) electrons. The Labute approximate surface area is 106 Å². The standard InChI is InChI=1S/C11H13N5.ClH/c1-15(2)11-5-3-10(4-6-11)13-14-16-8-7-12-9-16;/h3-9H,1-2H3;1H. The van der Waals surface area contributed by atoms with E-state index in [2.05, 4.69) is 15.3 Å². The minimum atomic E-state index is 0. The second-order valence-corrected chi connectivity index (χ2v) is 3.59. The Balaban J connectivity index is 0.00000144. The molecule has 0 atom stereocenters. The van der Waals surface area contributed by atoms with Gasteiger partial charge >= 0.3 is 0 Å². The van der Waals surface area contributed by atoms with E-state index in [1.165, 1.54) is 0 Å². The van der Waals surface area contributed by atoms with Crippen LogP contribution in [0.2, 0.25) is 0 Å². The number of benzene rings is 1. The van der Waals surface area contributed by atoms with E-state index in [1.807, 2.05) is 43.3 Å². The van der Waals surface area contributed by atoms with Gasteiger partial charge in [-0.05, 0) is 24.3 Å². The fourth-order valence-corrected chi connectivity index (χ4v) is 1.26. The molecule has 1 aromatic heterocycles.